The number of benzene rings is 6. The van der Waals surface area contributed by atoms with Crippen LogP contribution in [0.3, 0.4) is 0 Å². The van der Waals surface area contributed by atoms with Gasteiger partial charge < -0.3 is 9.31 Å². The van der Waals surface area contributed by atoms with Crippen LogP contribution in [0.15, 0.2) is 36.4 Å². The average molecular weight is 756 g/mol. The van der Waals surface area contributed by atoms with E-state index in [0.29, 0.717) is 6.07 Å². The summed E-state index contributed by atoms with van der Waals surface area (Å²) < 4.78 is 259. The van der Waals surface area contributed by atoms with E-state index >= 15 is 17.6 Å². The van der Waals surface area contributed by atoms with Crippen molar-refractivity contribution in [2.24, 2.45) is 0 Å². The van der Waals surface area contributed by atoms with Crippen molar-refractivity contribution in [2.45, 2.75) is 0 Å². The summed E-state index contributed by atoms with van der Waals surface area (Å²) in [7, 11) is -3.18. The van der Waals surface area contributed by atoms with Crippen LogP contribution in [-0.4, -0.2) is 7.12 Å². The third-order valence-corrected chi connectivity index (χ3v) is 7.54. The maximum absolute atomic E-state index is 16.0. The summed E-state index contributed by atoms with van der Waals surface area (Å²) in [5, 5.41) is -8.71. The monoisotopic (exact) mass is 756 g/mol. The Bertz CT molecular complexity index is 2500. The zero-order valence-corrected chi connectivity index (χ0v) is 24.3. The van der Waals surface area contributed by atoms with Gasteiger partial charge in [0.1, 0.15) is 17.5 Å². The molecule has 6 aromatic rings. The summed E-state index contributed by atoms with van der Waals surface area (Å²) in [6.45, 7) is 0. The standard InChI is InChI=1S/C32H6BF17O2/c34-7-5-9(16(36)11(35)6-7)8-3-1-2-4-10(8)33(52-32-29(49)26(46)25(45)27(47)30(32)50)51-31-15-14(21(41)24(44)28(31)48)17(37)12-13(18(15)38)20(40)23(43)22(42)19(12)39/h1-6H. The molecule has 2 nitrogen and oxygen atoms in total. The van der Waals surface area contributed by atoms with Gasteiger partial charge in [0.05, 0.1) is 21.5 Å². The highest BCUT2D eigenvalue weighted by molar-refractivity contribution is 6.64. The van der Waals surface area contributed by atoms with E-state index in [2.05, 4.69) is 0 Å². The SMILES string of the molecule is Fc1cc(F)c(F)c(-c2ccccc2B(Oc2c(F)c(F)c(F)c(F)c2F)Oc2c(F)c(F)c(F)c3c(F)c4c(F)c(F)c(F)c(F)c4c(F)c23)c1. The third-order valence-electron chi connectivity index (χ3n) is 7.54. The zero-order chi connectivity index (χ0) is 38.2. The van der Waals surface area contributed by atoms with Crippen molar-refractivity contribution in [3.8, 4) is 22.6 Å². The lowest BCUT2D eigenvalue weighted by molar-refractivity contribution is 0.331. The normalized spacial score (nSPS) is 11.6. The molecule has 0 bridgehead atoms. The molecule has 0 aliphatic rings. The summed E-state index contributed by atoms with van der Waals surface area (Å²) >= 11 is 0. The van der Waals surface area contributed by atoms with Crippen molar-refractivity contribution in [3.05, 3.63) is 135 Å². The lowest BCUT2D eigenvalue weighted by atomic mass is 9.73. The van der Waals surface area contributed by atoms with E-state index in [-0.39, 0.29) is 12.1 Å². The van der Waals surface area contributed by atoms with Crippen LogP contribution in [0.5, 0.6) is 11.5 Å². The Morgan fingerprint density at radius 1 is 0.346 bits per heavy atom. The summed E-state index contributed by atoms with van der Waals surface area (Å²) in [5.74, 6) is -48.2. The van der Waals surface area contributed by atoms with E-state index in [4.69, 9.17) is 9.31 Å². The number of rotatable bonds is 6. The fraction of sp³-hybridized carbons (Fsp3) is 0. The Kier molecular flexibility index (Phi) is 8.90. The van der Waals surface area contributed by atoms with E-state index < -0.39 is 156 Å². The van der Waals surface area contributed by atoms with Crippen molar-refractivity contribution in [1.82, 2.24) is 0 Å². The molecule has 0 saturated carbocycles. The average Bonchev–Trinajstić information content (AvgIpc) is 3.12. The molecule has 20 heteroatoms. The van der Waals surface area contributed by atoms with Crippen LogP contribution in [-0.2, 0) is 0 Å². The van der Waals surface area contributed by atoms with Gasteiger partial charge >= 0.3 is 7.12 Å². The van der Waals surface area contributed by atoms with Gasteiger partial charge in [-0.3, -0.25) is 0 Å². The second-order valence-electron chi connectivity index (χ2n) is 10.5. The zero-order valence-electron chi connectivity index (χ0n) is 24.3. The van der Waals surface area contributed by atoms with Crippen molar-refractivity contribution < 1.29 is 83.9 Å². The minimum Gasteiger partial charge on any atom is -0.519 e. The fourth-order valence-corrected chi connectivity index (χ4v) is 5.21. The van der Waals surface area contributed by atoms with Crippen LogP contribution in [0.4, 0.5) is 74.6 Å². The lowest BCUT2D eigenvalue weighted by Gasteiger charge is -2.22. The van der Waals surface area contributed by atoms with Gasteiger partial charge in [0, 0.05) is 17.1 Å². The molecule has 268 valence electrons. The van der Waals surface area contributed by atoms with Gasteiger partial charge in [0.25, 0.3) is 0 Å². The quantitative estimate of drug-likeness (QED) is 0.0554. The topological polar surface area (TPSA) is 18.5 Å². The van der Waals surface area contributed by atoms with Gasteiger partial charge in [0.15, 0.2) is 58.0 Å². The van der Waals surface area contributed by atoms with Crippen molar-refractivity contribution >= 4 is 34.1 Å². The van der Waals surface area contributed by atoms with Gasteiger partial charge in [-0.15, -0.1) is 0 Å². The summed E-state index contributed by atoms with van der Waals surface area (Å²) in [5.41, 5.74) is -3.08. The minimum absolute atomic E-state index is 0.0296. The molecular weight excluding hydrogens is 750 g/mol. The maximum atomic E-state index is 16.0. The van der Waals surface area contributed by atoms with E-state index in [1.165, 1.54) is 0 Å². The number of fused-ring (bicyclic) bond motifs is 2. The highest BCUT2D eigenvalue weighted by Crippen LogP contribution is 2.43. The highest BCUT2D eigenvalue weighted by atomic mass is 19.2. The summed E-state index contributed by atoms with van der Waals surface area (Å²) in [6, 6.07) is 3.50. The molecule has 6 rings (SSSR count). The van der Waals surface area contributed by atoms with Crippen LogP contribution in [0.25, 0.3) is 32.7 Å². The van der Waals surface area contributed by atoms with E-state index in [0.717, 1.165) is 18.2 Å². The first-order chi connectivity index (χ1) is 24.4. The first-order valence-electron chi connectivity index (χ1n) is 13.6. The van der Waals surface area contributed by atoms with E-state index in [1.54, 1.807) is 0 Å². The lowest BCUT2D eigenvalue weighted by Crippen LogP contribution is -2.44. The third kappa shape index (κ3) is 5.29. The maximum Gasteiger partial charge on any atom is 0.633 e. The molecule has 0 unspecified atom stereocenters. The molecule has 0 spiro atoms. The molecule has 6 aromatic carbocycles. The molecule has 0 radical (unpaired) electrons. The highest BCUT2D eigenvalue weighted by Gasteiger charge is 2.40. The largest absolute Gasteiger partial charge is 0.633 e. The second kappa shape index (κ2) is 12.8. The number of hydrogen-bond acceptors (Lipinski definition) is 2. The first kappa shape index (κ1) is 36.1. The molecule has 0 heterocycles. The van der Waals surface area contributed by atoms with Gasteiger partial charge in [-0.2, -0.15) is 13.2 Å². The van der Waals surface area contributed by atoms with E-state index in [1.807, 2.05) is 0 Å². The predicted octanol–water partition coefficient (Wildman–Crippen LogP) is 9.88. The van der Waals surface area contributed by atoms with Crippen LogP contribution in [0, 0.1) is 98.9 Å². The molecule has 0 fully saturated rings. The molecule has 0 N–H and O–H groups in total. The second-order valence-corrected chi connectivity index (χ2v) is 10.5. The van der Waals surface area contributed by atoms with E-state index in [9.17, 15) is 57.1 Å². The smallest absolute Gasteiger partial charge is 0.519 e. The first-order valence-corrected chi connectivity index (χ1v) is 13.6. The fourth-order valence-electron chi connectivity index (χ4n) is 5.21. The predicted molar refractivity (Wildman–Crippen MR) is 146 cm³/mol. The van der Waals surface area contributed by atoms with Crippen LogP contribution < -0.4 is 14.8 Å². The number of hydrogen-bond donors (Lipinski definition) is 0. The molecular formula is C32H6BF17O2. The molecule has 0 aliphatic carbocycles. The molecule has 52 heavy (non-hydrogen) atoms. The Balaban J connectivity index is 1.73. The summed E-state index contributed by atoms with van der Waals surface area (Å²) in [6.07, 6.45) is 0. The van der Waals surface area contributed by atoms with Crippen LogP contribution in [0.2, 0.25) is 0 Å². The molecule has 0 aromatic heterocycles. The molecule has 0 saturated heterocycles. The van der Waals surface area contributed by atoms with Gasteiger partial charge in [0.2, 0.25) is 34.9 Å². The molecule has 0 aliphatic heterocycles. The van der Waals surface area contributed by atoms with Gasteiger partial charge in [-0.05, 0) is 11.6 Å². The molecule has 0 amide bonds. The van der Waals surface area contributed by atoms with Gasteiger partial charge in [-0.1, -0.05) is 24.3 Å². The Morgan fingerprint density at radius 3 is 1.31 bits per heavy atom. The van der Waals surface area contributed by atoms with Crippen molar-refractivity contribution in [3.63, 3.8) is 0 Å². The Hall–Kier alpha value is -5.69. The Morgan fingerprint density at radius 2 is 0.750 bits per heavy atom. The summed E-state index contributed by atoms with van der Waals surface area (Å²) in [4.78, 5) is 0. The van der Waals surface area contributed by atoms with Crippen LogP contribution >= 0.6 is 0 Å². The minimum atomic E-state index is -3.18. The Labute approximate surface area is 276 Å². The van der Waals surface area contributed by atoms with Gasteiger partial charge in [-0.25, -0.2) is 61.5 Å². The van der Waals surface area contributed by atoms with Crippen LogP contribution in [0.1, 0.15) is 0 Å². The van der Waals surface area contributed by atoms with Crippen molar-refractivity contribution in [1.29, 1.82) is 0 Å². The van der Waals surface area contributed by atoms with Crippen molar-refractivity contribution in [2.75, 3.05) is 0 Å². The number of halogens is 17. The molecule has 0 atom stereocenters.